The van der Waals surface area contributed by atoms with E-state index in [9.17, 15) is 4.79 Å². The molecule has 0 fully saturated rings. The normalized spacial score (nSPS) is 12.9. The summed E-state index contributed by atoms with van der Waals surface area (Å²) in [5.41, 5.74) is 4.43. The van der Waals surface area contributed by atoms with E-state index in [-0.39, 0.29) is 11.9 Å². The second-order valence-electron chi connectivity index (χ2n) is 5.99. The lowest BCUT2D eigenvalue weighted by atomic mass is 10.1. The number of para-hydroxylation sites is 1. The van der Waals surface area contributed by atoms with Gasteiger partial charge in [-0.15, -0.1) is 11.3 Å². The first-order valence-electron chi connectivity index (χ1n) is 9.08. The zero-order chi connectivity index (χ0) is 19.3. The Morgan fingerprint density at radius 1 is 1.33 bits per heavy atom. The summed E-state index contributed by atoms with van der Waals surface area (Å²) in [7, 11) is 1.78. The van der Waals surface area contributed by atoms with E-state index in [4.69, 9.17) is 0 Å². The van der Waals surface area contributed by atoms with Crippen molar-refractivity contribution in [1.29, 1.82) is 0 Å². The van der Waals surface area contributed by atoms with Crippen molar-refractivity contribution in [3.63, 3.8) is 0 Å². The van der Waals surface area contributed by atoms with E-state index in [1.807, 2.05) is 48.1 Å². The summed E-state index contributed by atoms with van der Waals surface area (Å²) < 4.78 is 0. The van der Waals surface area contributed by atoms with E-state index in [0.29, 0.717) is 13.0 Å². The quantitative estimate of drug-likeness (QED) is 0.519. The molecular formula is C20H27N5OS. The number of amides is 1. The number of rotatable bonds is 11. The molecule has 144 valence electrons. The number of aromatic nitrogens is 1. The van der Waals surface area contributed by atoms with Gasteiger partial charge in [-0.3, -0.25) is 9.79 Å². The van der Waals surface area contributed by atoms with Gasteiger partial charge in [0.15, 0.2) is 0 Å². The predicted octanol–water partition coefficient (Wildman–Crippen LogP) is 3.21. The maximum Gasteiger partial charge on any atom is 0.237 e. The molecule has 1 aromatic carbocycles. The standard InChI is InChI=1S/C20H27N5OS/c1-3-4-10-22-18(12-23-16-8-6-5-7-9-16)13-24-20(26)19(21-2)11-17-14-27-15-25-17/h5-10,12,14-15,19,21,23H,3-4,11,13H2,1-2H3,(H,24,26)/b18-12-,22-10+. The minimum atomic E-state index is -0.324. The van der Waals surface area contributed by atoms with Gasteiger partial charge in [-0.05, 0) is 25.6 Å². The predicted molar refractivity (Wildman–Crippen MR) is 113 cm³/mol. The molecule has 3 N–H and O–H groups in total. The molecule has 1 unspecified atom stereocenters. The largest absolute Gasteiger partial charge is 0.360 e. The first-order valence-corrected chi connectivity index (χ1v) is 10.0. The zero-order valence-corrected chi connectivity index (χ0v) is 16.6. The summed E-state index contributed by atoms with van der Waals surface area (Å²) >= 11 is 1.53. The van der Waals surface area contributed by atoms with Crippen LogP contribution in [-0.4, -0.2) is 36.7 Å². The number of likely N-dealkylation sites (N-methyl/N-ethyl adjacent to an activating group) is 1. The Hall–Kier alpha value is -2.51. The van der Waals surface area contributed by atoms with Gasteiger partial charge in [0.2, 0.25) is 5.91 Å². The maximum atomic E-state index is 12.5. The molecule has 0 spiro atoms. The fourth-order valence-electron chi connectivity index (χ4n) is 2.32. The molecule has 0 saturated heterocycles. The molecule has 0 saturated carbocycles. The third-order valence-electron chi connectivity index (χ3n) is 3.86. The number of hydrogen-bond donors (Lipinski definition) is 3. The Morgan fingerprint density at radius 2 is 2.15 bits per heavy atom. The number of nitrogens with one attached hydrogen (secondary N) is 3. The molecule has 7 heteroatoms. The van der Waals surface area contributed by atoms with Gasteiger partial charge >= 0.3 is 0 Å². The fraction of sp³-hybridized carbons (Fsp3) is 0.350. The highest BCUT2D eigenvalue weighted by Crippen LogP contribution is 2.07. The molecule has 0 aliphatic rings. The van der Waals surface area contributed by atoms with Crippen molar-refractivity contribution in [2.24, 2.45) is 4.99 Å². The summed E-state index contributed by atoms with van der Waals surface area (Å²) in [4.78, 5) is 21.2. The molecule has 6 nitrogen and oxygen atoms in total. The highest BCUT2D eigenvalue weighted by Gasteiger charge is 2.17. The van der Waals surface area contributed by atoms with E-state index < -0.39 is 0 Å². The summed E-state index contributed by atoms with van der Waals surface area (Å²) in [6, 6.07) is 9.54. The number of carbonyl (C=O) groups is 1. The van der Waals surface area contributed by atoms with Crippen molar-refractivity contribution in [2.75, 3.05) is 18.9 Å². The third-order valence-corrected chi connectivity index (χ3v) is 4.49. The van der Waals surface area contributed by atoms with Crippen LogP contribution in [0.4, 0.5) is 5.69 Å². The minimum absolute atomic E-state index is 0.0678. The lowest BCUT2D eigenvalue weighted by Crippen LogP contribution is -2.44. The van der Waals surface area contributed by atoms with Crippen LogP contribution in [0.15, 0.2) is 58.1 Å². The molecule has 0 radical (unpaired) electrons. The molecule has 2 aromatic rings. The van der Waals surface area contributed by atoms with Gasteiger partial charge in [-0.1, -0.05) is 31.5 Å². The summed E-state index contributed by atoms with van der Waals surface area (Å²) in [6.07, 6.45) is 6.21. The SMILES string of the molecule is CCC/C=N/C(=C\Nc1ccccc1)CNC(=O)C(Cc1cscn1)NC. The van der Waals surface area contributed by atoms with Crippen LogP contribution >= 0.6 is 11.3 Å². The van der Waals surface area contributed by atoms with Gasteiger partial charge < -0.3 is 16.0 Å². The van der Waals surface area contributed by atoms with E-state index in [1.54, 1.807) is 12.6 Å². The van der Waals surface area contributed by atoms with Crippen LogP contribution < -0.4 is 16.0 Å². The van der Waals surface area contributed by atoms with Crippen molar-refractivity contribution in [3.05, 3.63) is 58.8 Å². The van der Waals surface area contributed by atoms with Crippen LogP contribution in [0, 0.1) is 0 Å². The Bertz CT molecular complexity index is 728. The molecule has 1 amide bonds. The molecule has 1 heterocycles. The van der Waals surface area contributed by atoms with Crippen LogP contribution in [0.1, 0.15) is 25.5 Å². The number of thiazole rings is 1. The van der Waals surface area contributed by atoms with E-state index in [1.165, 1.54) is 11.3 Å². The number of carbonyl (C=O) groups excluding carboxylic acids is 1. The maximum absolute atomic E-state index is 12.5. The second-order valence-corrected chi connectivity index (χ2v) is 6.71. The highest BCUT2D eigenvalue weighted by atomic mass is 32.1. The first kappa shape index (κ1) is 20.8. The van der Waals surface area contributed by atoms with Crippen molar-refractivity contribution in [3.8, 4) is 0 Å². The van der Waals surface area contributed by atoms with Gasteiger partial charge in [-0.2, -0.15) is 0 Å². The van der Waals surface area contributed by atoms with Crippen molar-refractivity contribution < 1.29 is 4.79 Å². The Balaban J connectivity index is 1.95. The second kappa shape index (κ2) is 12.0. The molecule has 27 heavy (non-hydrogen) atoms. The molecule has 2 rings (SSSR count). The highest BCUT2D eigenvalue weighted by molar-refractivity contribution is 7.07. The number of nitrogens with zero attached hydrogens (tertiary/aromatic N) is 2. The molecule has 1 aromatic heterocycles. The van der Waals surface area contributed by atoms with Gasteiger partial charge in [0.05, 0.1) is 29.5 Å². The average molecular weight is 386 g/mol. The lowest BCUT2D eigenvalue weighted by molar-refractivity contribution is -0.122. The molecule has 0 aliphatic carbocycles. The summed E-state index contributed by atoms with van der Waals surface area (Å²) in [5, 5.41) is 11.2. The number of unbranched alkanes of at least 4 members (excludes halogenated alkanes) is 1. The van der Waals surface area contributed by atoms with Crippen LogP contribution in [0.25, 0.3) is 0 Å². The Labute approximate surface area is 164 Å². The monoisotopic (exact) mass is 385 g/mol. The lowest BCUT2D eigenvalue weighted by Gasteiger charge is -2.15. The topological polar surface area (TPSA) is 78.4 Å². The number of anilines is 1. The van der Waals surface area contributed by atoms with Crippen LogP contribution in [0.5, 0.6) is 0 Å². The van der Waals surface area contributed by atoms with Gasteiger partial charge in [0, 0.05) is 29.9 Å². The number of aliphatic imine (C=N–C) groups is 1. The number of hydrogen-bond acceptors (Lipinski definition) is 6. The number of benzene rings is 1. The van der Waals surface area contributed by atoms with E-state index >= 15 is 0 Å². The average Bonchev–Trinajstić information content (AvgIpc) is 3.21. The van der Waals surface area contributed by atoms with Gasteiger partial charge in [0.25, 0.3) is 0 Å². The van der Waals surface area contributed by atoms with Crippen LogP contribution in [0.3, 0.4) is 0 Å². The fourth-order valence-corrected chi connectivity index (χ4v) is 2.89. The first-order chi connectivity index (χ1) is 13.2. The molecular weight excluding hydrogens is 358 g/mol. The smallest absolute Gasteiger partial charge is 0.237 e. The van der Waals surface area contributed by atoms with Gasteiger partial charge in [0.1, 0.15) is 0 Å². The summed E-state index contributed by atoms with van der Waals surface area (Å²) in [6.45, 7) is 2.46. The van der Waals surface area contributed by atoms with Crippen LogP contribution in [0.2, 0.25) is 0 Å². The van der Waals surface area contributed by atoms with E-state index in [0.717, 1.165) is 29.9 Å². The van der Waals surface area contributed by atoms with Crippen molar-refractivity contribution in [1.82, 2.24) is 15.6 Å². The van der Waals surface area contributed by atoms with Crippen molar-refractivity contribution in [2.45, 2.75) is 32.2 Å². The molecule has 1 atom stereocenters. The van der Waals surface area contributed by atoms with Crippen LogP contribution in [-0.2, 0) is 11.2 Å². The van der Waals surface area contributed by atoms with E-state index in [2.05, 4.69) is 32.9 Å². The van der Waals surface area contributed by atoms with Gasteiger partial charge in [-0.25, -0.2) is 4.98 Å². The molecule has 0 aliphatic heterocycles. The summed E-state index contributed by atoms with van der Waals surface area (Å²) in [5.74, 6) is -0.0678. The third kappa shape index (κ3) is 7.72. The zero-order valence-electron chi connectivity index (χ0n) is 15.8. The Kier molecular flexibility index (Phi) is 9.23. The Morgan fingerprint density at radius 3 is 2.81 bits per heavy atom. The van der Waals surface area contributed by atoms with Crippen molar-refractivity contribution >= 4 is 29.1 Å². The minimum Gasteiger partial charge on any atom is -0.360 e. The molecule has 0 bridgehead atoms.